The molecule has 0 spiro atoms. The number of amides is 1. The minimum absolute atomic E-state index is 0.131. The summed E-state index contributed by atoms with van der Waals surface area (Å²) >= 11 is 0. The first-order valence-corrected chi connectivity index (χ1v) is 9.88. The molecule has 2 aliphatic heterocycles. The summed E-state index contributed by atoms with van der Waals surface area (Å²) < 4.78 is 13.2. The van der Waals surface area contributed by atoms with Crippen LogP contribution in [0.3, 0.4) is 0 Å². The maximum absolute atomic E-state index is 13.2. The van der Waals surface area contributed by atoms with Crippen LogP contribution in [0.2, 0.25) is 0 Å². The van der Waals surface area contributed by atoms with Gasteiger partial charge in [0.05, 0.1) is 6.10 Å². The van der Waals surface area contributed by atoms with Gasteiger partial charge in [-0.2, -0.15) is 0 Å². The first-order valence-electron chi connectivity index (χ1n) is 9.88. The van der Waals surface area contributed by atoms with Gasteiger partial charge in [-0.3, -0.25) is 4.90 Å². The van der Waals surface area contributed by atoms with Crippen LogP contribution >= 0.6 is 0 Å². The molecule has 1 atom stereocenters. The van der Waals surface area contributed by atoms with Crippen LogP contribution in [0.15, 0.2) is 24.3 Å². The zero-order chi connectivity index (χ0) is 19.2. The zero-order valence-electron chi connectivity index (χ0n) is 15.7. The molecule has 1 amide bonds. The molecule has 0 saturated carbocycles. The smallest absolute Gasteiger partial charge is 0.404 e. The summed E-state index contributed by atoms with van der Waals surface area (Å²) in [4.78, 5) is 15.6. The number of piperidine rings is 1. The molecule has 3 N–H and O–H groups in total. The highest BCUT2D eigenvalue weighted by Gasteiger charge is 2.33. The Balaban J connectivity index is 1.45. The monoisotopic (exact) mass is 379 g/mol. The van der Waals surface area contributed by atoms with E-state index >= 15 is 0 Å². The number of nitrogens with one attached hydrogen (secondary N) is 1. The van der Waals surface area contributed by atoms with E-state index in [1.807, 2.05) is 0 Å². The van der Waals surface area contributed by atoms with Crippen molar-refractivity contribution in [3.8, 4) is 0 Å². The predicted octanol–water partition coefficient (Wildman–Crippen LogP) is 2.10. The van der Waals surface area contributed by atoms with E-state index in [1.165, 1.54) is 12.1 Å². The van der Waals surface area contributed by atoms with Gasteiger partial charge in [-0.25, -0.2) is 9.18 Å². The molecule has 0 radical (unpaired) electrons. The molecule has 0 aromatic heterocycles. The first kappa shape index (κ1) is 20.0. The Labute approximate surface area is 160 Å². The average molecular weight is 379 g/mol. The standard InChI is InChI=1S/C20H30FN3O3/c21-17-3-1-15(2-4-17)16(5-9-22-20(26)27)6-10-23-13-18(14-23)24-11-7-19(25)8-12-24/h1-4,16,18-19,22,25H,5-14H2,(H,26,27). The summed E-state index contributed by atoms with van der Waals surface area (Å²) in [5, 5.41) is 20.8. The number of carbonyl (C=O) groups is 1. The van der Waals surface area contributed by atoms with Crippen LogP contribution in [0.4, 0.5) is 9.18 Å². The van der Waals surface area contributed by atoms with Crippen LogP contribution in [-0.2, 0) is 0 Å². The Morgan fingerprint density at radius 1 is 1.19 bits per heavy atom. The molecule has 1 aromatic carbocycles. The molecule has 27 heavy (non-hydrogen) atoms. The van der Waals surface area contributed by atoms with Gasteiger partial charge in [0.25, 0.3) is 0 Å². The molecule has 2 fully saturated rings. The van der Waals surface area contributed by atoms with Gasteiger partial charge < -0.3 is 20.4 Å². The second kappa shape index (κ2) is 9.48. The quantitative estimate of drug-likeness (QED) is 0.645. The van der Waals surface area contributed by atoms with Crippen LogP contribution < -0.4 is 5.32 Å². The number of hydrogen-bond donors (Lipinski definition) is 3. The van der Waals surface area contributed by atoms with Crippen LogP contribution in [-0.4, -0.2) is 77.5 Å². The number of rotatable bonds is 8. The summed E-state index contributed by atoms with van der Waals surface area (Å²) in [6.45, 7) is 5.44. The lowest BCUT2D eigenvalue weighted by molar-refractivity contribution is -0.00529. The Morgan fingerprint density at radius 2 is 1.85 bits per heavy atom. The lowest BCUT2D eigenvalue weighted by atomic mass is 9.91. The third-order valence-electron chi connectivity index (χ3n) is 5.86. The Bertz CT molecular complexity index is 599. The van der Waals surface area contributed by atoms with E-state index in [1.54, 1.807) is 12.1 Å². The van der Waals surface area contributed by atoms with Crippen LogP contribution in [0, 0.1) is 5.82 Å². The second-order valence-electron chi connectivity index (χ2n) is 7.74. The SMILES string of the molecule is O=C(O)NCCC(CCN1CC(N2CCC(O)CC2)C1)c1ccc(F)cc1. The van der Waals surface area contributed by atoms with Crippen molar-refractivity contribution in [2.75, 3.05) is 39.3 Å². The van der Waals surface area contributed by atoms with Crippen molar-refractivity contribution in [3.05, 3.63) is 35.6 Å². The van der Waals surface area contributed by atoms with E-state index in [9.17, 15) is 14.3 Å². The number of likely N-dealkylation sites (tertiary alicyclic amines) is 2. The van der Waals surface area contributed by atoms with Gasteiger partial charge in [-0.15, -0.1) is 0 Å². The van der Waals surface area contributed by atoms with Crippen molar-refractivity contribution in [1.82, 2.24) is 15.1 Å². The number of nitrogens with zero attached hydrogens (tertiary/aromatic N) is 2. The Kier molecular flexibility index (Phi) is 7.04. The summed E-state index contributed by atoms with van der Waals surface area (Å²) in [7, 11) is 0. The first-order chi connectivity index (χ1) is 13.0. The van der Waals surface area contributed by atoms with E-state index < -0.39 is 6.09 Å². The molecule has 0 bridgehead atoms. The minimum Gasteiger partial charge on any atom is -0.465 e. The van der Waals surface area contributed by atoms with Crippen molar-refractivity contribution < 1.29 is 19.4 Å². The minimum atomic E-state index is -1.01. The summed E-state index contributed by atoms with van der Waals surface area (Å²) in [6.07, 6.45) is 2.25. The Morgan fingerprint density at radius 3 is 2.48 bits per heavy atom. The highest BCUT2D eigenvalue weighted by atomic mass is 19.1. The highest BCUT2D eigenvalue weighted by molar-refractivity contribution is 5.64. The van der Waals surface area contributed by atoms with Gasteiger partial charge in [0, 0.05) is 38.8 Å². The van der Waals surface area contributed by atoms with Crippen molar-refractivity contribution in [1.29, 1.82) is 0 Å². The lowest BCUT2D eigenvalue weighted by Crippen LogP contribution is -2.61. The number of halogens is 1. The molecular weight excluding hydrogens is 349 g/mol. The van der Waals surface area contributed by atoms with Crippen molar-refractivity contribution in [3.63, 3.8) is 0 Å². The topological polar surface area (TPSA) is 76.0 Å². The molecule has 2 aliphatic rings. The fourth-order valence-electron chi connectivity index (χ4n) is 4.11. The molecule has 150 valence electrons. The van der Waals surface area contributed by atoms with E-state index in [-0.39, 0.29) is 17.8 Å². The fourth-order valence-corrected chi connectivity index (χ4v) is 4.11. The number of aliphatic hydroxyl groups excluding tert-OH is 1. The Hall–Kier alpha value is -1.70. The molecule has 6 nitrogen and oxygen atoms in total. The van der Waals surface area contributed by atoms with Crippen LogP contribution in [0.5, 0.6) is 0 Å². The summed E-state index contributed by atoms with van der Waals surface area (Å²) in [6, 6.07) is 7.14. The maximum atomic E-state index is 13.2. The van der Waals surface area contributed by atoms with Crippen LogP contribution in [0.1, 0.15) is 37.2 Å². The molecule has 0 aliphatic carbocycles. The molecular formula is C20H30FN3O3. The molecule has 2 heterocycles. The van der Waals surface area contributed by atoms with E-state index in [0.29, 0.717) is 19.0 Å². The van der Waals surface area contributed by atoms with Gasteiger partial charge in [0.15, 0.2) is 0 Å². The molecule has 1 unspecified atom stereocenters. The summed E-state index contributed by atoms with van der Waals surface area (Å²) in [5.74, 6) is -0.0416. The van der Waals surface area contributed by atoms with Crippen molar-refractivity contribution in [2.24, 2.45) is 0 Å². The van der Waals surface area contributed by atoms with E-state index in [0.717, 1.165) is 57.5 Å². The number of aliphatic hydroxyl groups is 1. The van der Waals surface area contributed by atoms with Crippen molar-refractivity contribution in [2.45, 2.75) is 43.7 Å². The van der Waals surface area contributed by atoms with Crippen LogP contribution in [0.25, 0.3) is 0 Å². The molecule has 3 rings (SSSR count). The zero-order valence-corrected chi connectivity index (χ0v) is 15.7. The number of benzene rings is 1. The number of hydrogen-bond acceptors (Lipinski definition) is 4. The maximum Gasteiger partial charge on any atom is 0.404 e. The molecule has 7 heteroatoms. The highest BCUT2D eigenvalue weighted by Crippen LogP contribution is 2.26. The van der Waals surface area contributed by atoms with Gasteiger partial charge in [-0.05, 0) is 55.8 Å². The van der Waals surface area contributed by atoms with Gasteiger partial charge in [-0.1, -0.05) is 12.1 Å². The van der Waals surface area contributed by atoms with Gasteiger partial charge in [0.1, 0.15) is 5.82 Å². The van der Waals surface area contributed by atoms with Gasteiger partial charge in [0.2, 0.25) is 0 Å². The summed E-state index contributed by atoms with van der Waals surface area (Å²) in [5.41, 5.74) is 1.06. The normalized spacial score (nSPS) is 21.0. The largest absolute Gasteiger partial charge is 0.465 e. The fraction of sp³-hybridized carbons (Fsp3) is 0.650. The number of carboxylic acid groups (broad SMARTS) is 1. The van der Waals surface area contributed by atoms with Crippen molar-refractivity contribution >= 4 is 6.09 Å². The molecule has 2 saturated heterocycles. The van der Waals surface area contributed by atoms with Gasteiger partial charge >= 0.3 is 6.09 Å². The second-order valence-corrected chi connectivity index (χ2v) is 7.74. The average Bonchev–Trinajstić information content (AvgIpc) is 2.61. The predicted molar refractivity (Wildman–Crippen MR) is 101 cm³/mol. The van der Waals surface area contributed by atoms with E-state index in [4.69, 9.17) is 5.11 Å². The third-order valence-corrected chi connectivity index (χ3v) is 5.86. The third kappa shape index (κ3) is 5.89. The van der Waals surface area contributed by atoms with E-state index in [2.05, 4.69) is 15.1 Å². The lowest BCUT2D eigenvalue weighted by Gasteiger charge is -2.47. The molecule has 1 aromatic rings.